The minimum absolute atomic E-state index is 0.0269. The molecule has 1 aromatic heterocycles. The van der Waals surface area contributed by atoms with Crippen LogP contribution in [0.15, 0.2) is 22.9 Å². The van der Waals surface area contributed by atoms with Gasteiger partial charge in [0.2, 0.25) is 5.91 Å². The molecule has 1 saturated heterocycles. The van der Waals surface area contributed by atoms with Crippen molar-refractivity contribution in [3.63, 3.8) is 0 Å². The van der Waals surface area contributed by atoms with Crippen LogP contribution < -0.4 is 10.6 Å². The van der Waals surface area contributed by atoms with E-state index in [4.69, 9.17) is 0 Å². The van der Waals surface area contributed by atoms with E-state index in [-0.39, 0.29) is 17.9 Å². The fourth-order valence-electron chi connectivity index (χ4n) is 2.06. The molecule has 102 valence electrons. The van der Waals surface area contributed by atoms with Gasteiger partial charge in [-0.2, -0.15) is 0 Å². The number of rotatable bonds is 3. The molecule has 1 aromatic rings. The summed E-state index contributed by atoms with van der Waals surface area (Å²) < 4.78 is 0.767. The van der Waals surface area contributed by atoms with Gasteiger partial charge >= 0.3 is 0 Å². The number of carbonyl (C=O) groups excluding carboxylic acids is 2. The number of amides is 2. The van der Waals surface area contributed by atoms with E-state index in [1.54, 1.807) is 12.3 Å². The van der Waals surface area contributed by atoms with Gasteiger partial charge in [0.1, 0.15) is 0 Å². The summed E-state index contributed by atoms with van der Waals surface area (Å²) in [4.78, 5) is 27.3. The number of nitrogens with one attached hydrogen (secondary N) is 2. The number of nitrogens with zero attached hydrogens (tertiary/aromatic N) is 1. The van der Waals surface area contributed by atoms with Gasteiger partial charge < -0.3 is 10.6 Å². The van der Waals surface area contributed by atoms with Crippen LogP contribution in [0, 0.1) is 0 Å². The molecule has 2 N–H and O–H groups in total. The van der Waals surface area contributed by atoms with Crippen LogP contribution in [0.25, 0.3) is 0 Å². The van der Waals surface area contributed by atoms with Gasteiger partial charge in [0, 0.05) is 35.9 Å². The van der Waals surface area contributed by atoms with Crippen molar-refractivity contribution in [1.82, 2.24) is 15.6 Å². The van der Waals surface area contributed by atoms with E-state index >= 15 is 0 Å². The predicted octanol–water partition coefficient (Wildman–Crippen LogP) is 1.63. The van der Waals surface area contributed by atoms with E-state index in [1.807, 2.05) is 0 Å². The quantitative estimate of drug-likeness (QED) is 0.887. The first-order chi connectivity index (χ1) is 9.15. The van der Waals surface area contributed by atoms with E-state index in [0.717, 1.165) is 23.7 Å². The van der Waals surface area contributed by atoms with Crippen molar-refractivity contribution in [2.75, 3.05) is 6.54 Å². The second-order valence-corrected chi connectivity index (χ2v) is 5.53. The highest BCUT2D eigenvalue weighted by molar-refractivity contribution is 9.10. The summed E-state index contributed by atoms with van der Waals surface area (Å²) in [5.74, 6) is -0.104. The molecule has 0 spiro atoms. The smallest absolute Gasteiger partial charge is 0.252 e. The van der Waals surface area contributed by atoms with E-state index < -0.39 is 0 Å². The molecule has 1 atom stereocenters. The first kappa shape index (κ1) is 14.0. The Hall–Kier alpha value is -1.43. The Morgan fingerprint density at radius 3 is 3.11 bits per heavy atom. The molecule has 1 unspecified atom stereocenters. The lowest BCUT2D eigenvalue weighted by molar-refractivity contribution is -0.121. The van der Waals surface area contributed by atoms with Crippen LogP contribution in [-0.4, -0.2) is 29.4 Å². The van der Waals surface area contributed by atoms with Crippen molar-refractivity contribution in [3.05, 3.63) is 28.5 Å². The average Bonchev–Trinajstić information content (AvgIpc) is 2.60. The molecule has 0 aromatic carbocycles. The van der Waals surface area contributed by atoms with Crippen molar-refractivity contribution in [1.29, 1.82) is 0 Å². The predicted molar refractivity (Wildman–Crippen MR) is 74.7 cm³/mol. The number of hydrogen-bond donors (Lipinski definition) is 2. The van der Waals surface area contributed by atoms with E-state index in [1.165, 1.54) is 6.20 Å². The first-order valence-electron chi connectivity index (χ1n) is 6.33. The zero-order valence-corrected chi connectivity index (χ0v) is 12.1. The summed E-state index contributed by atoms with van der Waals surface area (Å²) in [6, 6.07) is 1.74. The molecular formula is C13H16BrN3O2. The first-order valence-corrected chi connectivity index (χ1v) is 7.12. The van der Waals surface area contributed by atoms with E-state index in [9.17, 15) is 9.59 Å². The highest BCUT2D eigenvalue weighted by Crippen LogP contribution is 2.10. The minimum atomic E-state index is -0.174. The van der Waals surface area contributed by atoms with Crippen LogP contribution >= 0.6 is 15.9 Å². The Labute approximate surface area is 120 Å². The molecule has 1 fully saturated rings. The average molecular weight is 326 g/mol. The zero-order valence-electron chi connectivity index (χ0n) is 10.5. The van der Waals surface area contributed by atoms with Gasteiger partial charge in [-0.25, -0.2) is 0 Å². The number of halogens is 1. The van der Waals surface area contributed by atoms with Crippen molar-refractivity contribution in [2.45, 2.75) is 31.7 Å². The molecular weight excluding hydrogens is 310 g/mol. The second kappa shape index (κ2) is 6.65. The van der Waals surface area contributed by atoms with Crippen LogP contribution in [0.3, 0.4) is 0 Å². The fourth-order valence-corrected chi connectivity index (χ4v) is 2.42. The second-order valence-electron chi connectivity index (χ2n) is 4.61. The monoisotopic (exact) mass is 325 g/mol. The molecule has 5 nitrogen and oxygen atoms in total. The topological polar surface area (TPSA) is 71.1 Å². The summed E-state index contributed by atoms with van der Waals surface area (Å²) in [6.07, 6.45) is 6.57. The van der Waals surface area contributed by atoms with E-state index in [2.05, 4.69) is 31.5 Å². The molecule has 0 aliphatic carbocycles. The van der Waals surface area contributed by atoms with Gasteiger partial charge in [0.05, 0.1) is 5.56 Å². The van der Waals surface area contributed by atoms with Crippen LogP contribution in [-0.2, 0) is 4.79 Å². The molecule has 6 heteroatoms. The molecule has 2 heterocycles. The van der Waals surface area contributed by atoms with Crippen molar-refractivity contribution in [3.8, 4) is 0 Å². The Kier molecular flexibility index (Phi) is 4.90. The number of hydrogen-bond acceptors (Lipinski definition) is 3. The third kappa shape index (κ3) is 4.31. The van der Waals surface area contributed by atoms with E-state index in [0.29, 0.717) is 18.5 Å². The zero-order chi connectivity index (χ0) is 13.7. The maximum Gasteiger partial charge on any atom is 0.252 e. The van der Waals surface area contributed by atoms with Crippen LogP contribution in [0.2, 0.25) is 0 Å². The van der Waals surface area contributed by atoms with Gasteiger partial charge in [-0.1, -0.05) is 6.42 Å². The van der Waals surface area contributed by atoms with Crippen molar-refractivity contribution in [2.24, 2.45) is 0 Å². The molecule has 0 saturated carbocycles. The standard InChI is InChI=1S/C13H16BrN3O2/c14-10-5-9(6-15-7-10)13(19)16-8-11-3-1-2-4-12(18)17-11/h5-7,11H,1-4,8H2,(H,16,19)(H,17,18). The van der Waals surface area contributed by atoms with Crippen LogP contribution in [0.1, 0.15) is 36.0 Å². The number of pyridine rings is 1. The van der Waals surface area contributed by atoms with Gasteiger partial charge in [-0.05, 0) is 34.8 Å². The number of carbonyl (C=O) groups is 2. The van der Waals surface area contributed by atoms with Crippen LogP contribution in [0.4, 0.5) is 0 Å². The Balaban J connectivity index is 1.87. The molecule has 1 aliphatic heterocycles. The third-order valence-corrected chi connectivity index (χ3v) is 3.48. The molecule has 1 aliphatic rings. The summed E-state index contributed by atoms with van der Waals surface area (Å²) in [5, 5.41) is 5.75. The molecule has 0 bridgehead atoms. The highest BCUT2D eigenvalue weighted by atomic mass is 79.9. The molecule has 0 radical (unpaired) electrons. The summed E-state index contributed by atoms with van der Waals surface area (Å²) in [7, 11) is 0. The SMILES string of the molecule is O=C1CCCCC(CNC(=O)c2cncc(Br)c2)N1. The van der Waals surface area contributed by atoms with Gasteiger partial charge in [0.15, 0.2) is 0 Å². The van der Waals surface area contributed by atoms with Gasteiger partial charge in [-0.3, -0.25) is 14.6 Å². The normalized spacial score (nSPS) is 19.4. The Morgan fingerprint density at radius 1 is 1.47 bits per heavy atom. The summed E-state index contributed by atoms with van der Waals surface area (Å²) >= 11 is 3.28. The van der Waals surface area contributed by atoms with Gasteiger partial charge in [0.25, 0.3) is 5.91 Å². The lowest BCUT2D eigenvalue weighted by Crippen LogP contribution is -2.42. The van der Waals surface area contributed by atoms with Crippen molar-refractivity contribution < 1.29 is 9.59 Å². The summed E-state index contributed by atoms with van der Waals surface area (Å²) in [6.45, 7) is 0.455. The number of aromatic nitrogens is 1. The largest absolute Gasteiger partial charge is 0.352 e. The minimum Gasteiger partial charge on any atom is -0.352 e. The third-order valence-electron chi connectivity index (χ3n) is 3.05. The Bertz CT molecular complexity index is 479. The molecule has 2 rings (SSSR count). The Morgan fingerprint density at radius 2 is 2.32 bits per heavy atom. The maximum atomic E-state index is 11.9. The lowest BCUT2D eigenvalue weighted by atomic mass is 10.1. The van der Waals surface area contributed by atoms with Crippen molar-refractivity contribution >= 4 is 27.7 Å². The lowest BCUT2D eigenvalue weighted by Gasteiger charge is -2.16. The summed E-state index contributed by atoms with van der Waals surface area (Å²) in [5.41, 5.74) is 0.509. The van der Waals surface area contributed by atoms with Crippen LogP contribution in [0.5, 0.6) is 0 Å². The fraction of sp³-hybridized carbons (Fsp3) is 0.462. The highest BCUT2D eigenvalue weighted by Gasteiger charge is 2.17. The molecule has 19 heavy (non-hydrogen) atoms. The molecule has 2 amide bonds. The maximum absolute atomic E-state index is 11.9. The van der Waals surface area contributed by atoms with Gasteiger partial charge in [-0.15, -0.1) is 0 Å².